The number of carbonyl (C=O) groups is 2. The first-order valence-electron chi connectivity index (χ1n) is 12.5. The molecule has 0 spiro atoms. The summed E-state index contributed by atoms with van der Waals surface area (Å²) in [7, 11) is 3.35. The minimum absolute atomic E-state index is 0.0571. The summed E-state index contributed by atoms with van der Waals surface area (Å²) < 4.78 is 64.6. The second-order valence-corrected chi connectivity index (χ2v) is 9.63. The number of anilines is 2. The van der Waals surface area contributed by atoms with Crippen LogP contribution in [0.5, 0.6) is 5.75 Å². The monoisotopic (exact) mass is 584 g/mol. The number of fused-ring (bicyclic) bond motifs is 1. The van der Waals surface area contributed by atoms with Crippen molar-refractivity contribution in [2.45, 2.75) is 45.0 Å². The molecule has 1 amide bonds. The maximum absolute atomic E-state index is 14.0. The van der Waals surface area contributed by atoms with Crippen LogP contribution in [-0.4, -0.2) is 82.3 Å². The number of hydrogen-bond acceptors (Lipinski definition) is 8. The number of nitrogens with zero attached hydrogens (tertiary/aromatic N) is 5. The van der Waals surface area contributed by atoms with E-state index in [9.17, 15) is 26.7 Å². The van der Waals surface area contributed by atoms with Gasteiger partial charge in [-0.1, -0.05) is 0 Å². The zero-order chi connectivity index (χ0) is 30.5. The normalized spacial score (nSPS) is 14.0. The Morgan fingerprint density at radius 3 is 2.27 bits per heavy atom. The Kier molecular flexibility index (Phi) is 9.83. The smallest absolute Gasteiger partial charge is 0.487 e. The number of aromatic nitrogens is 3. The highest BCUT2D eigenvalue weighted by Crippen LogP contribution is 2.30. The van der Waals surface area contributed by atoms with Gasteiger partial charge in [0.05, 0.1) is 11.7 Å². The van der Waals surface area contributed by atoms with E-state index in [4.69, 9.17) is 24.6 Å². The fraction of sp³-hybridized carbons (Fsp3) is 0.423. The number of carboxylic acid groups (broad SMARTS) is 1. The van der Waals surface area contributed by atoms with E-state index in [0.717, 1.165) is 6.07 Å². The highest BCUT2D eigenvalue weighted by atomic mass is 19.4. The highest BCUT2D eigenvalue weighted by molar-refractivity contribution is 5.95. The molecule has 1 aliphatic heterocycles. The lowest BCUT2D eigenvalue weighted by Crippen LogP contribution is -2.39. The van der Waals surface area contributed by atoms with Crippen LogP contribution in [0.3, 0.4) is 0 Å². The largest absolute Gasteiger partial charge is 0.490 e. The second kappa shape index (κ2) is 12.9. The van der Waals surface area contributed by atoms with Crippen molar-refractivity contribution in [1.82, 2.24) is 19.9 Å². The van der Waals surface area contributed by atoms with Crippen LogP contribution in [0.1, 0.15) is 37.2 Å². The lowest BCUT2D eigenvalue weighted by Gasteiger charge is -2.34. The topological polar surface area (TPSA) is 121 Å². The van der Waals surface area contributed by atoms with Crippen LogP contribution in [0.4, 0.5) is 33.6 Å². The number of rotatable bonds is 6. The zero-order valence-electron chi connectivity index (χ0n) is 22.7. The molecule has 4 rings (SSSR count). The number of carbonyl (C=O) groups excluding carboxylic acids is 1. The average molecular weight is 585 g/mol. The summed E-state index contributed by atoms with van der Waals surface area (Å²) in [6.45, 7) is 5.29. The number of hydrogen-bond donors (Lipinski definition) is 2. The van der Waals surface area contributed by atoms with Crippen LogP contribution >= 0.6 is 0 Å². The van der Waals surface area contributed by atoms with Crippen molar-refractivity contribution >= 4 is 34.5 Å². The van der Waals surface area contributed by atoms with Gasteiger partial charge in [-0.3, -0.25) is 4.79 Å². The minimum Gasteiger partial charge on any atom is -0.487 e. The molecule has 1 saturated heterocycles. The number of carboxylic acids is 1. The number of ether oxygens (including phenoxy) is 1. The van der Waals surface area contributed by atoms with E-state index >= 15 is 0 Å². The Morgan fingerprint density at radius 1 is 1.10 bits per heavy atom. The summed E-state index contributed by atoms with van der Waals surface area (Å²) >= 11 is 0. The molecule has 2 N–H and O–H groups in total. The summed E-state index contributed by atoms with van der Waals surface area (Å²) in [6, 6.07) is 5.10. The summed E-state index contributed by atoms with van der Waals surface area (Å²) in [5.41, 5.74) is 1.48. The first kappa shape index (κ1) is 31.2. The molecule has 15 heteroatoms. The van der Waals surface area contributed by atoms with Crippen molar-refractivity contribution in [2.24, 2.45) is 0 Å². The molecule has 0 radical (unpaired) electrons. The molecule has 0 unspecified atom stereocenters. The van der Waals surface area contributed by atoms with Crippen molar-refractivity contribution < 1.29 is 41.4 Å². The van der Waals surface area contributed by atoms with Gasteiger partial charge in [0, 0.05) is 52.1 Å². The molecule has 10 nitrogen and oxygen atoms in total. The summed E-state index contributed by atoms with van der Waals surface area (Å²) in [5, 5.41) is 10.5. The molecule has 0 atom stereocenters. The van der Waals surface area contributed by atoms with E-state index in [2.05, 4.69) is 15.2 Å². The van der Waals surface area contributed by atoms with Gasteiger partial charge in [0.15, 0.2) is 23.2 Å². The molecule has 41 heavy (non-hydrogen) atoms. The van der Waals surface area contributed by atoms with E-state index in [1.807, 2.05) is 13.8 Å². The van der Waals surface area contributed by atoms with Gasteiger partial charge in [0.1, 0.15) is 23.1 Å². The number of piperidine rings is 1. The lowest BCUT2D eigenvalue weighted by molar-refractivity contribution is -0.192. The van der Waals surface area contributed by atoms with Crippen LogP contribution in [0, 0.1) is 11.6 Å². The maximum atomic E-state index is 14.0. The molecule has 3 heterocycles. The average Bonchev–Trinajstić information content (AvgIpc) is 2.89. The molecule has 1 aliphatic rings. The first-order valence-corrected chi connectivity index (χ1v) is 12.5. The molecule has 2 aromatic heterocycles. The first-order chi connectivity index (χ1) is 19.1. The number of benzene rings is 1. The van der Waals surface area contributed by atoms with E-state index in [-0.39, 0.29) is 23.8 Å². The summed E-state index contributed by atoms with van der Waals surface area (Å²) in [4.78, 5) is 38.6. The van der Waals surface area contributed by atoms with Gasteiger partial charge in [-0.15, -0.1) is 0 Å². The maximum Gasteiger partial charge on any atom is 0.490 e. The fourth-order valence-corrected chi connectivity index (χ4v) is 3.82. The SMILES string of the molecule is CC(C)Nc1nc2cc(C(=O)N(C)C)ncc2nc1N1CCC(Oc2ccc(F)cc2F)CC1.O=C(O)C(F)(F)F. The molecule has 1 aromatic carbocycles. The Hall–Kier alpha value is -4.30. The van der Waals surface area contributed by atoms with Gasteiger partial charge in [0.25, 0.3) is 5.91 Å². The Balaban J connectivity index is 0.000000587. The van der Waals surface area contributed by atoms with Crippen LogP contribution in [0.15, 0.2) is 30.5 Å². The Morgan fingerprint density at radius 2 is 1.73 bits per heavy atom. The van der Waals surface area contributed by atoms with Crippen LogP contribution in [0.2, 0.25) is 0 Å². The van der Waals surface area contributed by atoms with Crippen LogP contribution in [0.25, 0.3) is 11.0 Å². The third kappa shape index (κ3) is 8.35. The molecule has 0 saturated carbocycles. The number of alkyl halides is 3. The lowest BCUT2D eigenvalue weighted by atomic mass is 10.1. The van der Waals surface area contributed by atoms with Crippen molar-refractivity contribution in [3.05, 3.63) is 47.8 Å². The number of aliphatic carboxylic acids is 1. The summed E-state index contributed by atoms with van der Waals surface area (Å²) in [6.07, 6.45) is -2.42. The second-order valence-electron chi connectivity index (χ2n) is 9.63. The third-order valence-corrected chi connectivity index (χ3v) is 5.75. The molecule has 222 valence electrons. The standard InChI is InChI=1S/C24H28F2N6O2.C2HF3O2/c1-14(2)28-22-23(30-20-13-27-19(12-18(20)29-22)24(33)31(3)4)32-9-7-16(8-10-32)34-21-6-5-15(25)11-17(21)26;3-2(4,5)1(6)7/h5-6,11-14,16H,7-10H2,1-4H3,(H,28,29);(H,6,7). The molecule has 1 fully saturated rings. The fourth-order valence-electron chi connectivity index (χ4n) is 3.82. The predicted octanol–water partition coefficient (Wildman–Crippen LogP) is 4.51. The Bertz CT molecular complexity index is 1390. The minimum atomic E-state index is -5.08. The van der Waals surface area contributed by atoms with Crippen molar-refractivity contribution in [1.29, 1.82) is 0 Å². The number of amides is 1. The van der Waals surface area contributed by atoms with Gasteiger partial charge in [-0.2, -0.15) is 13.2 Å². The van der Waals surface area contributed by atoms with Gasteiger partial charge >= 0.3 is 12.1 Å². The highest BCUT2D eigenvalue weighted by Gasteiger charge is 2.38. The van der Waals surface area contributed by atoms with E-state index in [0.29, 0.717) is 54.3 Å². The predicted molar refractivity (Wildman–Crippen MR) is 140 cm³/mol. The molecule has 3 aromatic rings. The van der Waals surface area contributed by atoms with E-state index in [1.54, 1.807) is 26.4 Å². The quantitative estimate of drug-likeness (QED) is 0.404. The molecular formula is C26H29F5N6O4. The molecular weight excluding hydrogens is 555 g/mol. The summed E-state index contributed by atoms with van der Waals surface area (Å²) in [5.74, 6) is -2.92. The van der Waals surface area contributed by atoms with E-state index in [1.165, 1.54) is 17.0 Å². The van der Waals surface area contributed by atoms with Gasteiger partial charge in [-0.25, -0.2) is 28.5 Å². The van der Waals surface area contributed by atoms with Crippen LogP contribution in [-0.2, 0) is 4.79 Å². The van der Waals surface area contributed by atoms with Crippen molar-refractivity contribution in [3.63, 3.8) is 0 Å². The molecule has 0 bridgehead atoms. The van der Waals surface area contributed by atoms with Crippen molar-refractivity contribution in [2.75, 3.05) is 37.4 Å². The number of pyridine rings is 1. The zero-order valence-corrected chi connectivity index (χ0v) is 22.7. The third-order valence-electron chi connectivity index (χ3n) is 5.75. The van der Waals surface area contributed by atoms with E-state index < -0.39 is 23.8 Å². The van der Waals surface area contributed by atoms with Gasteiger partial charge in [-0.05, 0) is 32.0 Å². The van der Waals surface area contributed by atoms with Gasteiger partial charge < -0.3 is 25.0 Å². The number of halogens is 5. The number of nitrogens with one attached hydrogen (secondary N) is 1. The van der Waals surface area contributed by atoms with Crippen molar-refractivity contribution in [3.8, 4) is 5.75 Å². The Labute approximate surface area is 232 Å². The van der Waals surface area contributed by atoms with Crippen LogP contribution < -0.4 is 15.0 Å². The van der Waals surface area contributed by atoms with Gasteiger partial charge in [0.2, 0.25) is 0 Å². The molecule has 0 aliphatic carbocycles.